The van der Waals surface area contributed by atoms with Gasteiger partial charge in [0.05, 0.1) is 27.7 Å². The highest BCUT2D eigenvalue weighted by Gasteiger charge is 2.27. The number of rotatable bonds is 59. The van der Waals surface area contributed by atoms with Crippen LogP contribution in [-0.4, -0.2) is 74.9 Å². The molecule has 0 amide bonds. The van der Waals surface area contributed by atoms with Gasteiger partial charge >= 0.3 is 19.8 Å². The molecule has 71 heavy (non-hydrogen) atoms. The van der Waals surface area contributed by atoms with Gasteiger partial charge in [-0.2, -0.15) is 0 Å². The van der Waals surface area contributed by atoms with E-state index in [-0.39, 0.29) is 25.6 Å². The first kappa shape index (κ1) is 70.0. The van der Waals surface area contributed by atoms with Crippen LogP contribution in [0, 0.1) is 0 Å². The van der Waals surface area contributed by atoms with E-state index in [9.17, 15) is 19.0 Å². The topological polar surface area (TPSA) is 108 Å². The van der Waals surface area contributed by atoms with Crippen LogP contribution in [-0.2, 0) is 32.7 Å². The second kappa shape index (κ2) is 53.8. The number of ether oxygens (including phenoxy) is 2. The summed E-state index contributed by atoms with van der Waals surface area (Å²) in [6, 6.07) is 0. The minimum Gasteiger partial charge on any atom is -0.462 e. The predicted octanol–water partition coefficient (Wildman–Crippen LogP) is 19.4. The Morgan fingerprint density at radius 3 is 0.901 bits per heavy atom. The van der Waals surface area contributed by atoms with E-state index >= 15 is 0 Å². The first-order valence-electron chi connectivity index (χ1n) is 31.3. The lowest BCUT2D eigenvalue weighted by Crippen LogP contribution is -2.37. The minimum absolute atomic E-state index is 0.0368. The van der Waals surface area contributed by atoms with Crippen molar-refractivity contribution >= 4 is 19.8 Å². The van der Waals surface area contributed by atoms with Crippen LogP contribution < -0.4 is 0 Å². The highest BCUT2D eigenvalue weighted by atomic mass is 31.2. The van der Waals surface area contributed by atoms with E-state index < -0.39 is 26.5 Å². The standard InChI is InChI=1S/C61H122NO8P/c1-6-8-10-12-14-16-17-18-19-20-21-22-23-24-25-26-27-28-29-30-31-32-33-34-35-36-37-38-39-40-41-42-43-44-45-46-48-50-52-54-61(64)70-59(58-69-71(65,66)68-56-55-62(3,4)5)57-67-60(63)53-51-49-47-15-13-11-9-7-2/h59H,6-58H2,1-5H3/p+1. The van der Waals surface area contributed by atoms with Crippen LogP contribution in [0.3, 0.4) is 0 Å². The molecule has 1 N–H and O–H groups in total. The molecule has 0 aromatic heterocycles. The molecule has 0 radical (unpaired) electrons. The molecule has 0 rings (SSSR count). The zero-order valence-electron chi connectivity index (χ0n) is 48.3. The van der Waals surface area contributed by atoms with E-state index in [1.165, 1.54) is 263 Å². The maximum absolute atomic E-state index is 12.8. The highest BCUT2D eigenvalue weighted by molar-refractivity contribution is 7.47. The Morgan fingerprint density at radius 1 is 0.380 bits per heavy atom. The molecule has 10 heteroatoms. The number of phosphoric ester groups is 1. The summed E-state index contributed by atoms with van der Waals surface area (Å²) in [7, 11) is 1.50. The first-order chi connectivity index (χ1) is 34.5. The van der Waals surface area contributed by atoms with Crippen molar-refractivity contribution in [3.8, 4) is 0 Å². The number of quaternary nitrogens is 1. The Morgan fingerprint density at radius 2 is 0.634 bits per heavy atom. The molecule has 0 aliphatic rings. The average Bonchev–Trinajstić information content (AvgIpc) is 3.33. The number of carbonyl (C=O) groups is 2. The smallest absolute Gasteiger partial charge is 0.462 e. The van der Waals surface area contributed by atoms with Gasteiger partial charge in [0.1, 0.15) is 19.8 Å². The molecule has 0 heterocycles. The second-order valence-electron chi connectivity index (χ2n) is 22.8. The first-order valence-corrected chi connectivity index (χ1v) is 32.8. The highest BCUT2D eigenvalue weighted by Crippen LogP contribution is 2.43. The van der Waals surface area contributed by atoms with Crippen LogP contribution in [0.25, 0.3) is 0 Å². The van der Waals surface area contributed by atoms with Crippen LogP contribution in [0.2, 0.25) is 0 Å². The fourth-order valence-electron chi connectivity index (χ4n) is 9.55. The van der Waals surface area contributed by atoms with Gasteiger partial charge in [-0.25, -0.2) is 4.57 Å². The number of phosphoric acid groups is 1. The van der Waals surface area contributed by atoms with Crippen molar-refractivity contribution in [3.05, 3.63) is 0 Å². The molecule has 424 valence electrons. The molecule has 2 unspecified atom stereocenters. The Balaban J connectivity index is 3.73. The molecule has 0 aliphatic carbocycles. The van der Waals surface area contributed by atoms with Gasteiger partial charge in [-0.1, -0.05) is 303 Å². The van der Waals surface area contributed by atoms with E-state index in [2.05, 4.69) is 13.8 Å². The van der Waals surface area contributed by atoms with E-state index in [1.54, 1.807) is 0 Å². The molecule has 0 fully saturated rings. The Bertz CT molecular complexity index is 1160. The van der Waals surface area contributed by atoms with Crippen molar-refractivity contribution in [3.63, 3.8) is 0 Å². The maximum atomic E-state index is 12.8. The molecule has 0 aliphatic heterocycles. The number of esters is 2. The van der Waals surface area contributed by atoms with E-state index in [4.69, 9.17) is 18.5 Å². The third-order valence-electron chi connectivity index (χ3n) is 14.4. The molecule has 0 aromatic carbocycles. The van der Waals surface area contributed by atoms with E-state index in [0.717, 1.165) is 38.5 Å². The zero-order chi connectivity index (χ0) is 52.0. The number of nitrogens with zero attached hydrogens (tertiary/aromatic N) is 1. The zero-order valence-corrected chi connectivity index (χ0v) is 49.1. The number of hydrogen-bond donors (Lipinski definition) is 1. The van der Waals surface area contributed by atoms with E-state index in [1.807, 2.05) is 21.1 Å². The van der Waals surface area contributed by atoms with Crippen molar-refractivity contribution in [1.82, 2.24) is 0 Å². The number of carbonyl (C=O) groups excluding carboxylic acids is 2. The van der Waals surface area contributed by atoms with Crippen molar-refractivity contribution in [2.45, 2.75) is 335 Å². The summed E-state index contributed by atoms with van der Waals surface area (Å²) >= 11 is 0. The molecule has 9 nitrogen and oxygen atoms in total. The summed E-state index contributed by atoms with van der Waals surface area (Å²) in [6.07, 6.45) is 62.5. The van der Waals surface area contributed by atoms with Crippen molar-refractivity contribution < 1.29 is 42.1 Å². The van der Waals surface area contributed by atoms with Crippen LogP contribution in [0.15, 0.2) is 0 Å². The van der Waals surface area contributed by atoms with Gasteiger partial charge in [0.25, 0.3) is 0 Å². The molecule has 0 aromatic rings. The van der Waals surface area contributed by atoms with Crippen molar-refractivity contribution in [2.24, 2.45) is 0 Å². The fourth-order valence-corrected chi connectivity index (χ4v) is 10.3. The van der Waals surface area contributed by atoms with Crippen LogP contribution in [0.4, 0.5) is 0 Å². The van der Waals surface area contributed by atoms with Crippen LogP contribution in [0.5, 0.6) is 0 Å². The van der Waals surface area contributed by atoms with Gasteiger partial charge in [-0.3, -0.25) is 18.6 Å². The maximum Gasteiger partial charge on any atom is 0.472 e. The Kier molecular flexibility index (Phi) is 53.1. The summed E-state index contributed by atoms with van der Waals surface area (Å²) < 4.78 is 34.4. The van der Waals surface area contributed by atoms with Gasteiger partial charge in [0, 0.05) is 12.8 Å². The van der Waals surface area contributed by atoms with Gasteiger partial charge in [0.2, 0.25) is 0 Å². The summed E-state index contributed by atoms with van der Waals surface area (Å²) in [5.41, 5.74) is 0. The lowest BCUT2D eigenvalue weighted by molar-refractivity contribution is -0.870. The van der Waals surface area contributed by atoms with Crippen LogP contribution in [0.1, 0.15) is 328 Å². The SMILES string of the molecule is CCCCCCCCCCCCCCCCCCCCCCCCCCCCCCCCCCCCCCCCCC(=O)OC(COC(=O)CCCCCCCCCC)COP(=O)(O)OCC[N+](C)(C)C. The molecule has 0 bridgehead atoms. The number of hydrogen-bond acceptors (Lipinski definition) is 7. The van der Waals surface area contributed by atoms with Gasteiger partial charge in [0.15, 0.2) is 6.10 Å². The molecule has 0 saturated heterocycles. The van der Waals surface area contributed by atoms with Crippen molar-refractivity contribution in [2.75, 3.05) is 47.5 Å². The third kappa shape index (κ3) is 58.1. The molecular formula is C61H123NO8P+. The number of unbranched alkanes of at least 4 members (excludes halogenated alkanes) is 45. The van der Waals surface area contributed by atoms with Crippen molar-refractivity contribution in [1.29, 1.82) is 0 Å². The second-order valence-corrected chi connectivity index (χ2v) is 24.3. The summed E-state index contributed by atoms with van der Waals surface area (Å²) in [5, 5.41) is 0. The molecule has 0 saturated carbocycles. The quantitative estimate of drug-likeness (QED) is 0.0278. The molecular weight excluding hydrogens is 906 g/mol. The van der Waals surface area contributed by atoms with E-state index in [0.29, 0.717) is 17.4 Å². The Hall–Kier alpha value is -0.990. The largest absolute Gasteiger partial charge is 0.472 e. The van der Waals surface area contributed by atoms with Gasteiger partial charge < -0.3 is 18.9 Å². The average molecular weight is 1030 g/mol. The summed E-state index contributed by atoms with van der Waals surface area (Å²) in [4.78, 5) is 35.4. The number of likely N-dealkylation sites (N-methyl/N-ethyl adjacent to an activating group) is 1. The minimum atomic E-state index is -4.37. The monoisotopic (exact) mass is 1030 g/mol. The van der Waals surface area contributed by atoms with Crippen LogP contribution >= 0.6 is 7.82 Å². The normalized spacial score (nSPS) is 13.2. The lowest BCUT2D eigenvalue weighted by Gasteiger charge is -2.24. The molecule has 2 atom stereocenters. The van der Waals surface area contributed by atoms with Gasteiger partial charge in [-0.15, -0.1) is 0 Å². The third-order valence-corrected chi connectivity index (χ3v) is 15.4. The lowest BCUT2D eigenvalue weighted by atomic mass is 10.0. The van der Waals surface area contributed by atoms with Gasteiger partial charge in [-0.05, 0) is 12.8 Å². The predicted molar refractivity (Wildman–Crippen MR) is 303 cm³/mol. The summed E-state index contributed by atoms with van der Waals surface area (Å²) in [6.45, 7) is 4.45. The summed E-state index contributed by atoms with van der Waals surface area (Å²) in [5.74, 6) is -0.784. The molecule has 0 spiro atoms. The fraction of sp³-hybridized carbons (Fsp3) is 0.967. The Labute approximate surface area is 442 Å².